The third kappa shape index (κ3) is 3.70. The van der Waals surface area contributed by atoms with Gasteiger partial charge in [-0.1, -0.05) is 12.1 Å². The Hall–Kier alpha value is -1.55. The SMILES string of the molecule is CCOc1ccc(CCN2CC(CN)CC2=O)cc1. The standard InChI is InChI=1S/C15H22N2O2/c1-2-19-14-5-3-12(4-6-14)7-8-17-11-13(10-16)9-15(17)18/h3-6,13H,2,7-11,16H2,1H3. The molecule has 0 saturated carbocycles. The van der Waals surface area contributed by atoms with Crippen molar-refractivity contribution in [2.45, 2.75) is 19.8 Å². The number of amides is 1. The van der Waals surface area contributed by atoms with Gasteiger partial charge in [0.1, 0.15) is 5.75 Å². The van der Waals surface area contributed by atoms with Crippen molar-refractivity contribution < 1.29 is 9.53 Å². The lowest BCUT2D eigenvalue weighted by Crippen LogP contribution is -2.28. The summed E-state index contributed by atoms with van der Waals surface area (Å²) in [6.07, 6.45) is 1.50. The van der Waals surface area contributed by atoms with Crippen molar-refractivity contribution in [2.75, 3.05) is 26.2 Å². The van der Waals surface area contributed by atoms with Crippen LogP contribution in [-0.4, -0.2) is 37.0 Å². The number of carbonyl (C=O) groups excluding carboxylic acids is 1. The molecule has 1 saturated heterocycles. The molecule has 1 aromatic rings. The van der Waals surface area contributed by atoms with Gasteiger partial charge in [0.15, 0.2) is 0 Å². The number of carbonyl (C=O) groups is 1. The Morgan fingerprint density at radius 2 is 2.11 bits per heavy atom. The van der Waals surface area contributed by atoms with E-state index in [1.165, 1.54) is 5.56 Å². The van der Waals surface area contributed by atoms with Crippen molar-refractivity contribution >= 4 is 5.91 Å². The van der Waals surface area contributed by atoms with E-state index in [1.807, 2.05) is 24.0 Å². The number of hydrogen-bond donors (Lipinski definition) is 1. The maximum atomic E-state index is 11.8. The van der Waals surface area contributed by atoms with Gasteiger partial charge in [-0.05, 0) is 43.5 Å². The molecule has 1 unspecified atom stereocenters. The topological polar surface area (TPSA) is 55.6 Å². The Morgan fingerprint density at radius 1 is 1.37 bits per heavy atom. The molecular formula is C15H22N2O2. The van der Waals surface area contributed by atoms with E-state index in [-0.39, 0.29) is 5.91 Å². The summed E-state index contributed by atoms with van der Waals surface area (Å²) in [7, 11) is 0. The highest BCUT2D eigenvalue weighted by Gasteiger charge is 2.27. The summed E-state index contributed by atoms with van der Waals surface area (Å²) in [6.45, 7) is 4.85. The molecule has 19 heavy (non-hydrogen) atoms. The average molecular weight is 262 g/mol. The Morgan fingerprint density at radius 3 is 2.68 bits per heavy atom. The van der Waals surface area contributed by atoms with Crippen LogP contribution >= 0.6 is 0 Å². The molecule has 0 spiro atoms. The van der Waals surface area contributed by atoms with Crippen molar-refractivity contribution in [3.63, 3.8) is 0 Å². The van der Waals surface area contributed by atoms with Crippen LogP contribution in [0.25, 0.3) is 0 Å². The van der Waals surface area contributed by atoms with Gasteiger partial charge >= 0.3 is 0 Å². The van der Waals surface area contributed by atoms with Crippen molar-refractivity contribution in [1.82, 2.24) is 4.90 Å². The largest absolute Gasteiger partial charge is 0.494 e. The van der Waals surface area contributed by atoms with E-state index in [1.54, 1.807) is 0 Å². The van der Waals surface area contributed by atoms with Gasteiger partial charge < -0.3 is 15.4 Å². The molecule has 2 N–H and O–H groups in total. The summed E-state index contributed by atoms with van der Waals surface area (Å²) in [5.74, 6) is 1.47. The van der Waals surface area contributed by atoms with Crippen molar-refractivity contribution in [2.24, 2.45) is 11.7 Å². The van der Waals surface area contributed by atoms with Crippen LogP contribution in [-0.2, 0) is 11.2 Å². The Balaban J connectivity index is 1.83. The first-order valence-electron chi connectivity index (χ1n) is 6.92. The molecule has 1 heterocycles. The second-order valence-electron chi connectivity index (χ2n) is 4.97. The number of nitrogens with two attached hydrogens (primary N) is 1. The lowest BCUT2D eigenvalue weighted by Gasteiger charge is -2.16. The highest BCUT2D eigenvalue weighted by atomic mass is 16.5. The number of hydrogen-bond acceptors (Lipinski definition) is 3. The van der Waals surface area contributed by atoms with E-state index in [2.05, 4.69) is 12.1 Å². The minimum Gasteiger partial charge on any atom is -0.494 e. The van der Waals surface area contributed by atoms with Crippen molar-refractivity contribution in [3.05, 3.63) is 29.8 Å². The fraction of sp³-hybridized carbons (Fsp3) is 0.533. The van der Waals surface area contributed by atoms with Crippen LogP contribution in [0.15, 0.2) is 24.3 Å². The molecule has 0 bridgehead atoms. The number of rotatable bonds is 6. The normalized spacial score (nSPS) is 18.9. The maximum Gasteiger partial charge on any atom is 0.222 e. The molecule has 0 aliphatic carbocycles. The molecule has 1 aromatic carbocycles. The number of nitrogens with zero attached hydrogens (tertiary/aromatic N) is 1. The zero-order chi connectivity index (χ0) is 13.7. The highest BCUT2D eigenvalue weighted by molar-refractivity contribution is 5.78. The van der Waals surface area contributed by atoms with Gasteiger partial charge in [-0.15, -0.1) is 0 Å². The van der Waals surface area contributed by atoms with Crippen molar-refractivity contribution in [3.8, 4) is 5.75 Å². The monoisotopic (exact) mass is 262 g/mol. The molecule has 1 amide bonds. The molecule has 1 aliphatic rings. The maximum absolute atomic E-state index is 11.8. The third-order valence-electron chi connectivity index (χ3n) is 3.53. The first kappa shape index (κ1) is 13.9. The van der Waals surface area contributed by atoms with Gasteiger partial charge in [0, 0.05) is 19.5 Å². The number of likely N-dealkylation sites (tertiary alicyclic amines) is 1. The van der Waals surface area contributed by atoms with Gasteiger partial charge in [0.05, 0.1) is 6.61 Å². The summed E-state index contributed by atoms with van der Waals surface area (Å²) >= 11 is 0. The fourth-order valence-corrected chi connectivity index (χ4v) is 2.41. The first-order chi connectivity index (χ1) is 9.22. The minimum atomic E-state index is 0.237. The van der Waals surface area contributed by atoms with Crippen LogP contribution in [0.2, 0.25) is 0 Å². The Labute approximate surface area is 114 Å². The van der Waals surface area contributed by atoms with Crippen LogP contribution in [0.1, 0.15) is 18.9 Å². The highest BCUT2D eigenvalue weighted by Crippen LogP contribution is 2.18. The Kier molecular flexibility index (Phi) is 4.80. The Bertz CT molecular complexity index is 417. The van der Waals surface area contributed by atoms with Crippen molar-refractivity contribution in [1.29, 1.82) is 0 Å². The van der Waals surface area contributed by atoms with E-state index in [4.69, 9.17) is 10.5 Å². The van der Waals surface area contributed by atoms with E-state index < -0.39 is 0 Å². The molecule has 1 fully saturated rings. The van der Waals surface area contributed by atoms with Gasteiger partial charge in [-0.25, -0.2) is 0 Å². The third-order valence-corrected chi connectivity index (χ3v) is 3.53. The number of ether oxygens (including phenoxy) is 1. The second kappa shape index (κ2) is 6.57. The predicted octanol–water partition coefficient (Wildman–Crippen LogP) is 1.43. The molecule has 0 radical (unpaired) electrons. The summed E-state index contributed by atoms with van der Waals surface area (Å²) in [4.78, 5) is 13.7. The van der Waals surface area contributed by atoms with Crippen LogP contribution in [0.5, 0.6) is 5.75 Å². The first-order valence-corrected chi connectivity index (χ1v) is 6.92. The molecule has 0 aromatic heterocycles. The molecule has 4 heteroatoms. The van der Waals surface area contributed by atoms with E-state index in [9.17, 15) is 4.79 Å². The molecular weight excluding hydrogens is 240 g/mol. The van der Waals surface area contributed by atoms with Crippen LogP contribution in [0.3, 0.4) is 0 Å². The van der Waals surface area contributed by atoms with Gasteiger partial charge in [-0.3, -0.25) is 4.79 Å². The lowest BCUT2D eigenvalue weighted by atomic mass is 10.1. The quantitative estimate of drug-likeness (QED) is 0.844. The summed E-state index contributed by atoms with van der Waals surface area (Å²) in [5.41, 5.74) is 6.85. The van der Waals surface area contributed by atoms with Crippen LogP contribution in [0, 0.1) is 5.92 Å². The predicted molar refractivity (Wildman–Crippen MR) is 75.1 cm³/mol. The van der Waals surface area contributed by atoms with E-state index in [0.29, 0.717) is 25.5 Å². The zero-order valence-electron chi connectivity index (χ0n) is 11.5. The fourth-order valence-electron chi connectivity index (χ4n) is 2.41. The van der Waals surface area contributed by atoms with Gasteiger partial charge in [-0.2, -0.15) is 0 Å². The zero-order valence-corrected chi connectivity index (χ0v) is 11.5. The minimum absolute atomic E-state index is 0.237. The summed E-state index contributed by atoms with van der Waals surface area (Å²) < 4.78 is 5.41. The van der Waals surface area contributed by atoms with E-state index in [0.717, 1.165) is 25.3 Å². The lowest BCUT2D eigenvalue weighted by molar-refractivity contribution is -0.127. The smallest absolute Gasteiger partial charge is 0.222 e. The molecule has 104 valence electrons. The summed E-state index contributed by atoms with van der Waals surface area (Å²) in [6, 6.07) is 8.08. The van der Waals surface area contributed by atoms with Crippen LogP contribution in [0.4, 0.5) is 0 Å². The molecule has 1 atom stereocenters. The summed E-state index contributed by atoms with van der Waals surface area (Å²) in [5, 5.41) is 0. The van der Waals surface area contributed by atoms with Gasteiger partial charge in [0.25, 0.3) is 0 Å². The van der Waals surface area contributed by atoms with Crippen LogP contribution < -0.4 is 10.5 Å². The van der Waals surface area contributed by atoms with Gasteiger partial charge in [0.2, 0.25) is 5.91 Å². The number of benzene rings is 1. The molecule has 4 nitrogen and oxygen atoms in total. The average Bonchev–Trinajstić information content (AvgIpc) is 2.79. The molecule has 2 rings (SSSR count). The molecule has 1 aliphatic heterocycles. The second-order valence-corrected chi connectivity index (χ2v) is 4.97. The van der Waals surface area contributed by atoms with E-state index >= 15 is 0 Å².